The van der Waals surface area contributed by atoms with Crippen molar-refractivity contribution in [2.24, 2.45) is 0 Å². The van der Waals surface area contributed by atoms with Crippen LogP contribution in [-0.4, -0.2) is 5.11 Å². The van der Waals surface area contributed by atoms with Gasteiger partial charge in [0.1, 0.15) is 6.10 Å². The molecule has 1 N–H and O–H groups in total. The normalized spacial score (nSPS) is 12.8. The maximum absolute atomic E-state index is 10.2. The van der Waals surface area contributed by atoms with Crippen molar-refractivity contribution in [2.75, 3.05) is 0 Å². The third-order valence-electron chi connectivity index (χ3n) is 2.14. The van der Waals surface area contributed by atoms with Crippen LogP contribution in [0.4, 0.5) is 0 Å². The van der Waals surface area contributed by atoms with Crippen molar-refractivity contribution in [3.63, 3.8) is 0 Å². The molecule has 2 rings (SSSR count). The molecule has 16 heavy (non-hydrogen) atoms. The number of hydrogen-bond acceptors (Lipinski definition) is 2. The Balaban J connectivity index is 2.38. The average molecular weight is 383 g/mol. The van der Waals surface area contributed by atoms with Crippen LogP contribution in [0.15, 0.2) is 37.9 Å². The summed E-state index contributed by atoms with van der Waals surface area (Å²) in [5.41, 5.74) is 1.64. The minimum atomic E-state index is -0.657. The third-order valence-corrected chi connectivity index (χ3v) is 4.76. The lowest BCUT2D eigenvalue weighted by Gasteiger charge is -2.10. The van der Waals surface area contributed by atoms with Crippen LogP contribution < -0.4 is 0 Å². The molecule has 1 unspecified atom stereocenters. The van der Waals surface area contributed by atoms with Gasteiger partial charge in [-0.15, -0.1) is 11.3 Å². The minimum absolute atomic E-state index is 0.627. The zero-order valence-electron chi connectivity index (χ0n) is 7.95. The second-order valence-corrected chi connectivity index (χ2v) is 7.42. The fourth-order valence-corrected chi connectivity index (χ4v) is 4.48. The number of rotatable bonds is 2. The molecule has 1 aromatic carbocycles. The van der Waals surface area contributed by atoms with Crippen LogP contribution in [0.2, 0.25) is 5.02 Å². The number of benzene rings is 1. The van der Waals surface area contributed by atoms with Gasteiger partial charge in [0.2, 0.25) is 0 Å². The zero-order chi connectivity index (χ0) is 11.7. The van der Waals surface area contributed by atoms with Gasteiger partial charge in [-0.05, 0) is 55.6 Å². The molecule has 0 bridgehead atoms. The molecular weight excluding hydrogens is 375 g/mol. The molecule has 0 aliphatic rings. The minimum Gasteiger partial charge on any atom is -0.384 e. The molecule has 2 aromatic rings. The lowest BCUT2D eigenvalue weighted by molar-refractivity contribution is 0.220. The van der Waals surface area contributed by atoms with Gasteiger partial charge in [0.25, 0.3) is 0 Å². The summed E-state index contributed by atoms with van der Waals surface area (Å²) in [7, 11) is 0. The van der Waals surface area contributed by atoms with Crippen molar-refractivity contribution in [3.05, 3.63) is 54.1 Å². The molecule has 1 nitrogen and oxygen atoms in total. The van der Waals surface area contributed by atoms with Crippen LogP contribution in [-0.2, 0) is 0 Å². The molecule has 0 amide bonds. The molecule has 0 spiro atoms. The summed E-state index contributed by atoms with van der Waals surface area (Å²) >= 11 is 14.2. The van der Waals surface area contributed by atoms with Crippen LogP contribution in [0.3, 0.4) is 0 Å². The highest BCUT2D eigenvalue weighted by Gasteiger charge is 2.16. The second kappa shape index (κ2) is 5.19. The smallest absolute Gasteiger partial charge is 0.106 e. The van der Waals surface area contributed by atoms with E-state index in [2.05, 4.69) is 31.9 Å². The van der Waals surface area contributed by atoms with Gasteiger partial charge in [0.05, 0.1) is 7.57 Å². The maximum Gasteiger partial charge on any atom is 0.106 e. The molecule has 0 aliphatic heterocycles. The van der Waals surface area contributed by atoms with Gasteiger partial charge >= 0.3 is 0 Å². The van der Waals surface area contributed by atoms with Gasteiger partial charge in [-0.25, -0.2) is 0 Å². The number of halogens is 3. The molecule has 0 saturated carbocycles. The van der Waals surface area contributed by atoms with Gasteiger partial charge < -0.3 is 5.11 Å². The number of aliphatic hydroxyl groups excluding tert-OH is 1. The SMILES string of the molecule is OC(c1cccc(Cl)c1)c1cc(Br)sc1Br. The predicted octanol–water partition coefficient (Wildman–Crippen LogP) is 5.01. The molecule has 84 valence electrons. The Labute approximate surface area is 119 Å². The fourth-order valence-electron chi connectivity index (χ4n) is 1.40. The molecule has 0 saturated heterocycles. The number of hydrogen-bond donors (Lipinski definition) is 1. The van der Waals surface area contributed by atoms with Gasteiger partial charge in [0, 0.05) is 10.6 Å². The van der Waals surface area contributed by atoms with E-state index in [0.29, 0.717) is 5.02 Å². The Morgan fingerprint density at radius 1 is 1.25 bits per heavy atom. The first-order valence-electron chi connectivity index (χ1n) is 4.46. The Morgan fingerprint density at radius 2 is 2.00 bits per heavy atom. The molecule has 5 heteroatoms. The Hall–Kier alpha value is 0.130. The number of aliphatic hydroxyl groups is 1. The highest BCUT2D eigenvalue weighted by atomic mass is 79.9. The summed E-state index contributed by atoms with van der Waals surface area (Å²) in [5, 5.41) is 10.8. The topological polar surface area (TPSA) is 20.2 Å². The summed E-state index contributed by atoms with van der Waals surface area (Å²) in [6, 6.07) is 9.14. The fraction of sp³-hybridized carbons (Fsp3) is 0.0909. The van der Waals surface area contributed by atoms with E-state index in [0.717, 1.165) is 18.7 Å². The maximum atomic E-state index is 10.2. The van der Waals surface area contributed by atoms with Crippen molar-refractivity contribution < 1.29 is 5.11 Å². The van der Waals surface area contributed by atoms with E-state index in [9.17, 15) is 5.11 Å². The number of thiophene rings is 1. The Morgan fingerprint density at radius 3 is 2.56 bits per heavy atom. The lowest BCUT2D eigenvalue weighted by Crippen LogP contribution is -1.98. The van der Waals surface area contributed by atoms with E-state index < -0.39 is 6.10 Å². The van der Waals surface area contributed by atoms with Gasteiger partial charge in [-0.1, -0.05) is 23.7 Å². The van der Waals surface area contributed by atoms with E-state index >= 15 is 0 Å². The van der Waals surface area contributed by atoms with Crippen molar-refractivity contribution in [1.29, 1.82) is 0 Å². The van der Waals surface area contributed by atoms with Crippen LogP contribution >= 0.6 is 54.8 Å². The summed E-state index contributed by atoms with van der Waals surface area (Å²) in [6.45, 7) is 0. The van der Waals surface area contributed by atoms with Crippen molar-refractivity contribution >= 4 is 54.8 Å². The first-order chi connectivity index (χ1) is 7.58. The van der Waals surface area contributed by atoms with Crippen LogP contribution in [0.1, 0.15) is 17.2 Å². The standard InChI is InChI=1S/C11H7Br2ClOS/c12-9-5-8(11(13)16-9)10(15)6-2-1-3-7(14)4-6/h1-5,10,15H. The van der Waals surface area contributed by atoms with Crippen molar-refractivity contribution in [2.45, 2.75) is 6.10 Å². The second-order valence-electron chi connectivity index (χ2n) is 3.24. The lowest BCUT2D eigenvalue weighted by atomic mass is 10.0. The van der Waals surface area contributed by atoms with Crippen LogP contribution in [0.25, 0.3) is 0 Å². The molecule has 1 heterocycles. The zero-order valence-corrected chi connectivity index (χ0v) is 12.7. The van der Waals surface area contributed by atoms with Crippen LogP contribution in [0, 0.1) is 0 Å². The molecule has 1 atom stereocenters. The monoisotopic (exact) mass is 380 g/mol. The highest BCUT2D eigenvalue weighted by Crippen LogP contribution is 2.38. The van der Waals surface area contributed by atoms with Gasteiger partial charge in [-0.3, -0.25) is 0 Å². The van der Waals surface area contributed by atoms with Crippen LogP contribution in [0.5, 0.6) is 0 Å². The highest BCUT2D eigenvalue weighted by molar-refractivity contribution is 9.12. The predicted molar refractivity (Wildman–Crippen MR) is 75.2 cm³/mol. The average Bonchev–Trinajstić information content (AvgIpc) is 2.57. The first-order valence-corrected chi connectivity index (χ1v) is 7.24. The molecule has 0 aliphatic carbocycles. The Kier molecular flexibility index (Phi) is 4.08. The van der Waals surface area contributed by atoms with Crippen molar-refractivity contribution in [1.82, 2.24) is 0 Å². The molecule has 1 aromatic heterocycles. The Bertz CT molecular complexity index is 512. The summed E-state index contributed by atoms with van der Waals surface area (Å²) in [5.74, 6) is 0. The first kappa shape index (κ1) is 12.6. The van der Waals surface area contributed by atoms with E-state index in [4.69, 9.17) is 11.6 Å². The molecule has 0 radical (unpaired) electrons. The van der Waals surface area contributed by atoms with Gasteiger partial charge in [0.15, 0.2) is 0 Å². The van der Waals surface area contributed by atoms with E-state index in [1.54, 1.807) is 12.1 Å². The van der Waals surface area contributed by atoms with E-state index in [1.165, 1.54) is 11.3 Å². The van der Waals surface area contributed by atoms with E-state index in [-0.39, 0.29) is 0 Å². The summed E-state index contributed by atoms with van der Waals surface area (Å²) in [6.07, 6.45) is -0.657. The quantitative estimate of drug-likeness (QED) is 0.774. The third kappa shape index (κ3) is 2.68. The molecule has 0 fully saturated rings. The summed E-state index contributed by atoms with van der Waals surface area (Å²) in [4.78, 5) is 0. The summed E-state index contributed by atoms with van der Waals surface area (Å²) < 4.78 is 1.90. The van der Waals surface area contributed by atoms with Gasteiger partial charge in [-0.2, -0.15) is 0 Å². The van der Waals surface area contributed by atoms with E-state index in [1.807, 2.05) is 18.2 Å². The van der Waals surface area contributed by atoms with Crippen molar-refractivity contribution in [3.8, 4) is 0 Å². The largest absolute Gasteiger partial charge is 0.384 e. The molecular formula is C11H7Br2ClOS.